The minimum absolute atomic E-state index is 0.0360. The van der Waals surface area contributed by atoms with Gasteiger partial charge in [-0.2, -0.15) is 5.10 Å². The third kappa shape index (κ3) is 3.58. The molecule has 134 valence electrons. The molecule has 4 aromatic rings. The molecule has 0 radical (unpaired) electrons. The van der Waals surface area contributed by atoms with Crippen LogP contribution in [0.25, 0.3) is 16.7 Å². The molecule has 0 bridgehead atoms. The molecular weight excluding hydrogens is 428 g/mol. The van der Waals surface area contributed by atoms with Gasteiger partial charge in [0.2, 0.25) is 0 Å². The van der Waals surface area contributed by atoms with Gasteiger partial charge in [0.1, 0.15) is 5.39 Å². The Morgan fingerprint density at radius 3 is 2.59 bits per heavy atom. The molecule has 4 rings (SSSR count). The van der Waals surface area contributed by atoms with Crippen molar-refractivity contribution < 1.29 is 4.79 Å². The van der Waals surface area contributed by atoms with Crippen LogP contribution >= 0.6 is 27.7 Å². The molecule has 0 atom stereocenters. The molecule has 27 heavy (non-hydrogen) atoms. The van der Waals surface area contributed by atoms with Gasteiger partial charge in [-0.15, -0.1) is 0 Å². The van der Waals surface area contributed by atoms with Gasteiger partial charge >= 0.3 is 0 Å². The fraction of sp³-hybridized carbons (Fsp3) is 0.0526. The van der Waals surface area contributed by atoms with E-state index < -0.39 is 0 Å². The Kier molecular flexibility index (Phi) is 4.91. The molecule has 0 aliphatic carbocycles. The zero-order valence-corrected chi connectivity index (χ0v) is 16.3. The molecule has 0 saturated carbocycles. The molecule has 0 saturated heterocycles. The van der Waals surface area contributed by atoms with Crippen LogP contribution in [-0.2, 0) is 0 Å². The first-order valence-corrected chi connectivity index (χ1v) is 9.84. The number of hydrogen-bond acceptors (Lipinski definition) is 5. The highest BCUT2D eigenvalue weighted by Crippen LogP contribution is 2.22. The van der Waals surface area contributed by atoms with Crippen molar-refractivity contribution in [3.63, 3.8) is 0 Å². The van der Waals surface area contributed by atoms with Crippen molar-refractivity contribution >= 4 is 44.5 Å². The number of carbonyl (C=O) groups is 1. The number of fused-ring (bicyclic) bond motifs is 1. The molecule has 0 aliphatic rings. The van der Waals surface area contributed by atoms with Crippen molar-refractivity contribution in [1.82, 2.24) is 19.7 Å². The highest BCUT2D eigenvalue weighted by molar-refractivity contribution is 9.10. The second kappa shape index (κ2) is 7.50. The molecule has 2 aromatic heterocycles. The summed E-state index contributed by atoms with van der Waals surface area (Å²) >= 11 is 4.58. The number of ketones is 1. The van der Waals surface area contributed by atoms with E-state index in [9.17, 15) is 9.59 Å². The number of nitrogens with one attached hydrogen (secondary N) is 1. The Labute approximate surface area is 166 Å². The fourth-order valence-electron chi connectivity index (χ4n) is 2.62. The van der Waals surface area contributed by atoms with Gasteiger partial charge in [-0.25, -0.2) is 4.98 Å². The van der Waals surface area contributed by atoms with E-state index in [2.05, 4.69) is 31.1 Å². The number of benzene rings is 2. The molecule has 2 aromatic carbocycles. The van der Waals surface area contributed by atoms with Gasteiger partial charge in [-0.3, -0.25) is 19.3 Å². The van der Waals surface area contributed by atoms with Crippen molar-refractivity contribution in [2.75, 3.05) is 5.75 Å². The van der Waals surface area contributed by atoms with Gasteiger partial charge in [0, 0.05) is 10.0 Å². The minimum Gasteiger partial charge on any atom is -0.293 e. The van der Waals surface area contributed by atoms with Gasteiger partial charge in [0.25, 0.3) is 5.56 Å². The molecular formula is C19H13BrN4O2S. The third-order valence-electron chi connectivity index (χ3n) is 3.96. The van der Waals surface area contributed by atoms with Crippen LogP contribution in [0.15, 0.2) is 75.2 Å². The highest BCUT2D eigenvalue weighted by Gasteiger charge is 2.16. The standard InChI is InChI=1S/C19H13BrN4O2S/c20-13-8-6-12(7-9-13)16(25)11-27-19-22-17-15(10-21-23-17)18(26)24(19)14-4-2-1-3-5-14/h1-10H,11H2,(H,21,23). The molecule has 0 spiro atoms. The zero-order valence-electron chi connectivity index (χ0n) is 13.9. The molecule has 6 nitrogen and oxygen atoms in total. The summed E-state index contributed by atoms with van der Waals surface area (Å²) in [6, 6.07) is 16.4. The normalized spacial score (nSPS) is 11.0. The maximum Gasteiger partial charge on any atom is 0.269 e. The number of para-hydroxylation sites is 1. The molecule has 0 amide bonds. The number of nitrogens with zero attached hydrogens (tertiary/aromatic N) is 3. The van der Waals surface area contributed by atoms with E-state index in [1.807, 2.05) is 42.5 Å². The number of rotatable bonds is 5. The Bertz CT molecular complexity index is 1170. The van der Waals surface area contributed by atoms with Crippen molar-refractivity contribution in [2.45, 2.75) is 5.16 Å². The second-order valence-corrected chi connectivity index (χ2v) is 7.58. The van der Waals surface area contributed by atoms with E-state index >= 15 is 0 Å². The predicted molar refractivity (Wildman–Crippen MR) is 109 cm³/mol. The average molecular weight is 441 g/mol. The number of carbonyl (C=O) groups excluding carboxylic acids is 1. The number of halogens is 1. The lowest BCUT2D eigenvalue weighted by Crippen LogP contribution is -2.21. The van der Waals surface area contributed by atoms with Crippen molar-refractivity contribution in [2.24, 2.45) is 0 Å². The SMILES string of the molecule is O=C(CSc1nc2[nH]ncc2c(=O)n1-c1ccccc1)c1ccc(Br)cc1. The summed E-state index contributed by atoms with van der Waals surface area (Å²) < 4.78 is 2.42. The largest absolute Gasteiger partial charge is 0.293 e. The monoisotopic (exact) mass is 440 g/mol. The molecule has 0 fully saturated rings. The average Bonchev–Trinajstić information content (AvgIpc) is 3.16. The second-order valence-electron chi connectivity index (χ2n) is 5.72. The van der Waals surface area contributed by atoms with E-state index in [-0.39, 0.29) is 17.1 Å². The summed E-state index contributed by atoms with van der Waals surface area (Å²) in [5.41, 5.74) is 1.49. The number of aromatic nitrogens is 4. The van der Waals surface area contributed by atoms with Crippen LogP contribution in [-0.4, -0.2) is 31.3 Å². The lowest BCUT2D eigenvalue weighted by molar-refractivity contribution is 0.102. The van der Waals surface area contributed by atoms with Crippen LogP contribution in [0.1, 0.15) is 10.4 Å². The van der Waals surface area contributed by atoms with E-state index in [1.165, 1.54) is 22.5 Å². The van der Waals surface area contributed by atoms with Crippen molar-refractivity contribution in [3.8, 4) is 5.69 Å². The van der Waals surface area contributed by atoms with Gasteiger partial charge in [0.05, 0.1) is 17.6 Å². The van der Waals surface area contributed by atoms with Crippen LogP contribution in [0.3, 0.4) is 0 Å². The van der Waals surface area contributed by atoms with E-state index in [0.29, 0.717) is 27.4 Å². The quantitative estimate of drug-likeness (QED) is 0.289. The topological polar surface area (TPSA) is 80.6 Å². The Morgan fingerprint density at radius 1 is 1.11 bits per heavy atom. The zero-order chi connectivity index (χ0) is 18.8. The summed E-state index contributed by atoms with van der Waals surface area (Å²) in [5, 5.41) is 7.48. The summed E-state index contributed by atoms with van der Waals surface area (Å²) in [4.78, 5) is 29.9. The lowest BCUT2D eigenvalue weighted by atomic mass is 10.2. The van der Waals surface area contributed by atoms with Gasteiger partial charge in [-0.05, 0) is 24.3 Å². The molecule has 2 heterocycles. The van der Waals surface area contributed by atoms with Crippen LogP contribution in [0.2, 0.25) is 0 Å². The fourth-order valence-corrected chi connectivity index (χ4v) is 3.79. The van der Waals surface area contributed by atoms with Crippen LogP contribution < -0.4 is 5.56 Å². The summed E-state index contributed by atoms with van der Waals surface area (Å²) in [7, 11) is 0. The van der Waals surface area contributed by atoms with E-state index in [1.54, 1.807) is 12.1 Å². The van der Waals surface area contributed by atoms with Gasteiger partial charge in [-0.1, -0.05) is 58.0 Å². The van der Waals surface area contributed by atoms with Gasteiger partial charge < -0.3 is 0 Å². The smallest absolute Gasteiger partial charge is 0.269 e. The van der Waals surface area contributed by atoms with E-state index in [0.717, 1.165) is 4.47 Å². The first-order chi connectivity index (χ1) is 13.1. The maximum absolute atomic E-state index is 12.9. The molecule has 1 N–H and O–H groups in total. The number of aromatic amines is 1. The molecule has 8 heteroatoms. The van der Waals surface area contributed by atoms with Crippen LogP contribution in [0.4, 0.5) is 0 Å². The van der Waals surface area contributed by atoms with E-state index in [4.69, 9.17) is 0 Å². The van der Waals surface area contributed by atoms with Crippen molar-refractivity contribution in [1.29, 1.82) is 0 Å². The highest BCUT2D eigenvalue weighted by atomic mass is 79.9. The van der Waals surface area contributed by atoms with Gasteiger partial charge in [0.15, 0.2) is 16.6 Å². The molecule has 0 aliphatic heterocycles. The van der Waals surface area contributed by atoms with Crippen LogP contribution in [0, 0.1) is 0 Å². The Morgan fingerprint density at radius 2 is 1.85 bits per heavy atom. The third-order valence-corrected chi connectivity index (χ3v) is 5.43. The lowest BCUT2D eigenvalue weighted by Gasteiger charge is -2.11. The molecule has 0 unspecified atom stereocenters. The summed E-state index contributed by atoms with van der Waals surface area (Å²) in [6.45, 7) is 0. The van der Waals surface area contributed by atoms with Crippen molar-refractivity contribution in [3.05, 3.63) is 81.2 Å². The first kappa shape index (κ1) is 17.7. The number of hydrogen-bond donors (Lipinski definition) is 1. The summed E-state index contributed by atoms with van der Waals surface area (Å²) in [6.07, 6.45) is 1.46. The maximum atomic E-state index is 12.9. The predicted octanol–water partition coefficient (Wildman–Crippen LogP) is 3.85. The number of H-pyrrole nitrogens is 1. The Hall–Kier alpha value is -2.71. The Balaban J connectivity index is 1.71. The number of thioether (sulfide) groups is 1. The summed E-state index contributed by atoms with van der Waals surface area (Å²) in [5.74, 6) is 0.131. The first-order valence-electron chi connectivity index (χ1n) is 8.06. The van der Waals surface area contributed by atoms with Crippen LogP contribution in [0.5, 0.6) is 0 Å². The number of Topliss-reactive ketones (excluding diaryl/α,β-unsaturated/α-hetero) is 1. The minimum atomic E-state index is -0.224.